The quantitative estimate of drug-likeness (QED) is 0.0510. The first kappa shape index (κ1) is 50.4. The summed E-state index contributed by atoms with van der Waals surface area (Å²) < 4.78 is 14.7. The number of hydrogen-bond donors (Lipinski definition) is 0. The Bertz CT molecular complexity index is 1260. The fraction of sp³-hybridized carbons (Fsp3) is 0.800. The number of fused-ring (bicyclic) bond motifs is 1. The van der Waals surface area contributed by atoms with Crippen molar-refractivity contribution in [3.05, 3.63) is 21.4 Å². The van der Waals surface area contributed by atoms with E-state index in [0.717, 1.165) is 31.1 Å². The molecule has 1 aromatic rings. The van der Waals surface area contributed by atoms with Crippen molar-refractivity contribution in [2.45, 2.75) is 243 Å². The number of hydrogen-bond acceptors (Lipinski definition) is 6. The predicted molar refractivity (Wildman–Crippen MR) is 245 cm³/mol. The summed E-state index contributed by atoms with van der Waals surface area (Å²) in [7, 11) is 0. The summed E-state index contributed by atoms with van der Waals surface area (Å²) in [6.07, 6.45) is 36.5. The van der Waals surface area contributed by atoms with Crippen LogP contribution in [-0.4, -0.2) is 13.2 Å². The molecule has 1 aromatic carbocycles. The van der Waals surface area contributed by atoms with Crippen molar-refractivity contribution in [2.75, 3.05) is 13.2 Å². The normalized spacial score (nSPS) is 12.7. The standard InChI is InChI=1S/C50H84N2O2S2/c1-8-12-16-20-24-28-32-41(33-29-25-21-17-13-9-2)39-53-45-36-44(50(5,6)7)46(48-47(45)55-49(56-48)43(37-51)38-52)54-40-42(34-30-26-22-18-14-10-3)35-31-27-23-19-15-11-4/h36,41-42H,8-35,39-40H2,1-7H3. The third kappa shape index (κ3) is 20.3. The Balaban J connectivity index is 2.37. The van der Waals surface area contributed by atoms with Gasteiger partial charge >= 0.3 is 0 Å². The number of unbranched alkanes of at least 4 members (excludes halogenated alkanes) is 20. The molecule has 318 valence electrons. The summed E-state index contributed by atoms with van der Waals surface area (Å²) in [6.45, 7) is 17.4. The molecule has 0 bridgehead atoms. The van der Waals surface area contributed by atoms with Crippen LogP contribution in [-0.2, 0) is 5.41 Å². The van der Waals surface area contributed by atoms with Crippen LogP contribution in [0.4, 0.5) is 0 Å². The SMILES string of the molecule is CCCCCCCCC(CCCCCCCC)COc1cc(C(C)(C)C)c(OCC(CCCCCCCC)CCCCCCCC)c2c1SC(=C(C#N)C#N)S2. The Morgan fingerprint density at radius 1 is 0.536 bits per heavy atom. The summed E-state index contributed by atoms with van der Waals surface area (Å²) in [5.41, 5.74) is 1.17. The highest BCUT2D eigenvalue weighted by molar-refractivity contribution is 8.24. The number of allylic oxidation sites excluding steroid dienone is 1. The number of ether oxygens (including phenoxy) is 2. The van der Waals surface area contributed by atoms with Crippen LogP contribution in [0.25, 0.3) is 0 Å². The average Bonchev–Trinajstić information content (AvgIpc) is 3.63. The second-order valence-corrected chi connectivity index (χ2v) is 20.1. The minimum Gasteiger partial charge on any atom is -0.492 e. The van der Waals surface area contributed by atoms with Crippen LogP contribution in [0.5, 0.6) is 11.5 Å². The van der Waals surface area contributed by atoms with Gasteiger partial charge in [-0.15, -0.1) is 0 Å². The molecule has 0 aromatic heterocycles. The van der Waals surface area contributed by atoms with Gasteiger partial charge in [-0.25, -0.2) is 0 Å². The molecule has 0 spiro atoms. The molecule has 0 unspecified atom stereocenters. The summed E-state index contributed by atoms with van der Waals surface area (Å²) in [5, 5.41) is 19.8. The van der Waals surface area contributed by atoms with E-state index in [4.69, 9.17) is 9.47 Å². The smallest absolute Gasteiger partial charge is 0.150 e. The Morgan fingerprint density at radius 2 is 0.893 bits per heavy atom. The summed E-state index contributed by atoms with van der Waals surface area (Å²) in [6, 6.07) is 6.60. The minimum atomic E-state index is -0.169. The molecule has 4 nitrogen and oxygen atoms in total. The number of rotatable bonds is 34. The maximum absolute atomic E-state index is 9.92. The lowest BCUT2D eigenvalue weighted by Crippen LogP contribution is -2.19. The van der Waals surface area contributed by atoms with Crippen molar-refractivity contribution in [2.24, 2.45) is 11.8 Å². The fourth-order valence-corrected chi connectivity index (χ4v) is 10.4. The van der Waals surface area contributed by atoms with Gasteiger partial charge in [-0.2, -0.15) is 10.5 Å². The van der Waals surface area contributed by atoms with Crippen LogP contribution in [0.2, 0.25) is 0 Å². The third-order valence-corrected chi connectivity index (χ3v) is 14.2. The highest BCUT2D eigenvalue weighted by Crippen LogP contribution is 2.61. The zero-order valence-electron chi connectivity index (χ0n) is 37.5. The Hall–Kier alpha value is -1.76. The van der Waals surface area contributed by atoms with E-state index in [1.54, 1.807) is 11.8 Å². The van der Waals surface area contributed by atoms with Crippen molar-refractivity contribution in [3.8, 4) is 23.6 Å². The number of nitrogens with zero attached hydrogens (tertiary/aromatic N) is 2. The van der Waals surface area contributed by atoms with Crippen molar-refractivity contribution < 1.29 is 9.47 Å². The summed E-state index contributed by atoms with van der Waals surface area (Å²) >= 11 is 3.08. The first-order valence-corrected chi connectivity index (χ1v) is 25.2. The molecule has 1 heterocycles. The molecule has 0 fully saturated rings. The highest BCUT2D eigenvalue weighted by atomic mass is 32.2. The predicted octanol–water partition coefficient (Wildman–Crippen LogP) is 17.4. The number of benzene rings is 1. The van der Waals surface area contributed by atoms with E-state index in [1.165, 1.54) is 192 Å². The first-order valence-electron chi connectivity index (χ1n) is 23.6. The second kappa shape index (κ2) is 31.2. The van der Waals surface area contributed by atoms with Gasteiger partial charge in [0.1, 0.15) is 29.2 Å². The van der Waals surface area contributed by atoms with E-state index in [-0.39, 0.29) is 11.0 Å². The molecule has 0 N–H and O–H groups in total. The lowest BCUT2D eigenvalue weighted by Gasteiger charge is -2.28. The maximum Gasteiger partial charge on any atom is 0.150 e. The fourth-order valence-electron chi connectivity index (χ4n) is 7.91. The van der Waals surface area contributed by atoms with Gasteiger partial charge in [-0.3, -0.25) is 0 Å². The molecule has 2 rings (SSSR count). The minimum absolute atomic E-state index is 0.169. The Labute approximate surface area is 355 Å². The largest absolute Gasteiger partial charge is 0.492 e. The van der Waals surface area contributed by atoms with Gasteiger partial charge < -0.3 is 9.47 Å². The van der Waals surface area contributed by atoms with Crippen LogP contribution < -0.4 is 9.47 Å². The molecule has 1 aliphatic rings. The summed E-state index contributed by atoms with van der Waals surface area (Å²) in [4.78, 5) is 2.06. The first-order chi connectivity index (χ1) is 27.2. The molecular formula is C50H84N2O2S2. The molecule has 6 heteroatoms. The molecule has 0 amide bonds. The van der Waals surface area contributed by atoms with Gasteiger partial charge in [0, 0.05) is 5.56 Å². The van der Waals surface area contributed by atoms with Crippen LogP contribution in [0, 0.1) is 34.5 Å². The summed E-state index contributed by atoms with van der Waals surface area (Å²) in [5.74, 6) is 2.89. The van der Waals surface area contributed by atoms with Crippen LogP contribution in [0.15, 0.2) is 25.7 Å². The van der Waals surface area contributed by atoms with Gasteiger partial charge in [0.25, 0.3) is 0 Å². The Morgan fingerprint density at radius 3 is 1.27 bits per heavy atom. The van der Waals surface area contributed by atoms with Gasteiger partial charge in [-0.1, -0.05) is 226 Å². The molecule has 0 aliphatic carbocycles. The zero-order chi connectivity index (χ0) is 40.9. The lowest BCUT2D eigenvalue weighted by molar-refractivity contribution is 0.208. The van der Waals surface area contributed by atoms with Gasteiger partial charge in [0.05, 0.1) is 27.2 Å². The van der Waals surface area contributed by atoms with E-state index >= 15 is 0 Å². The van der Waals surface area contributed by atoms with Gasteiger partial charge in [0.15, 0.2) is 0 Å². The second-order valence-electron chi connectivity index (χ2n) is 17.8. The molecule has 0 radical (unpaired) electrons. The van der Waals surface area contributed by atoms with Crippen molar-refractivity contribution in [1.29, 1.82) is 10.5 Å². The van der Waals surface area contributed by atoms with Crippen molar-refractivity contribution in [3.63, 3.8) is 0 Å². The third-order valence-electron chi connectivity index (χ3n) is 11.6. The zero-order valence-corrected chi connectivity index (χ0v) is 39.1. The average molecular weight is 809 g/mol. The number of nitriles is 2. The maximum atomic E-state index is 9.92. The van der Waals surface area contributed by atoms with Gasteiger partial charge in [0.2, 0.25) is 0 Å². The molecule has 1 aliphatic heterocycles. The topological polar surface area (TPSA) is 66.0 Å². The van der Waals surface area contributed by atoms with E-state index < -0.39 is 0 Å². The van der Waals surface area contributed by atoms with E-state index in [1.807, 2.05) is 0 Å². The lowest BCUT2D eigenvalue weighted by atomic mass is 9.86. The van der Waals surface area contributed by atoms with E-state index in [9.17, 15) is 10.5 Å². The molecular weight excluding hydrogens is 725 g/mol. The highest BCUT2D eigenvalue weighted by Gasteiger charge is 2.34. The molecule has 56 heavy (non-hydrogen) atoms. The Kier molecular flexibility index (Phi) is 28.1. The molecule has 0 saturated heterocycles. The van der Waals surface area contributed by atoms with Crippen LogP contribution in [0.1, 0.15) is 234 Å². The monoisotopic (exact) mass is 809 g/mol. The number of thioether (sulfide) groups is 2. The van der Waals surface area contributed by atoms with Gasteiger partial charge in [-0.05, 0) is 49.0 Å². The molecule has 0 atom stereocenters. The molecule has 0 saturated carbocycles. The van der Waals surface area contributed by atoms with E-state index in [0.29, 0.717) is 25.0 Å². The van der Waals surface area contributed by atoms with E-state index in [2.05, 4.69) is 66.7 Å². The van der Waals surface area contributed by atoms with Crippen molar-refractivity contribution in [1.82, 2.24) is 0 Å². The van der Waals surface area contributed by atoms with Crippen molar-refractivity contribution >= 4 is 23.5 Å². The van der Waals surface area contributed by atoms with Crippen LogP contribution >= 0.6 is 23.5 Å². The van der Waals surface area contributed by atoms with Crippen LogP contribution in [0.3, 0.4) is 0 Å².